The number of rotatable bonds is 7. The van der Waals surface area contributed by atoms with Gasteiger partial charge in [0, 0.05) is 6.54 Å². The number of benzene rings is 1. The van der Waals surface area contributed by atoms with E-state index in [1.807, 2.05) is 24.3 Å². The van der Waals surface area contributed by atoms with Crippen LogP contribution in [-0.4, -0.2) is 19.3 Å². The quantitative estimate of drug-likeness (QED) is 0.776. The number of hydrogen-bond donors (Lipinski definition) is 1. The van der Waals surface area contributed by atoms with Crippen LogP contribution in [0.15, 0.2) is 24.3 Å². The van der Waals surface area contributed by atoms with Crippen LogP contribution >= 0.6 is 0 Å². The van der Waals surface area contributed by atoms with Gasteiger partial charge in [-0.2, -0.15) is 0 Å². The zero-order valence-corrected chi connectivity index (χ0v) is 12.5. The minimum Gasteiger partial charge on any atom is -0.491 e. The summed E-state index contributed by atoms with van der Waals surface area (Å²) in [7, 11) is 0. The average molecular weight is 277 g/mol. The summed E-state index contributed by atoms with van der Waals surface area (Å²) in [5.41, 5.74) is 6.72. The van der Waals surface area contributed by atoms with Crippen molar-refractivity contribution in [2.75, 3.05) is 13.2 Å². The first-order valence-corrected chi connectivity index (χ1v) is 7.85. The normalized spacial score (nSPS) is 22.7. The van der Waals surface area contributed by atoms with Gasteiger partial charge in [-0.1, -0.05) is 38.3 Å². The molecule has 1 aromatic rings. The Morgan fingerprint density at radius 3 is 2.95 bits per heavy atom. The Morgan fingerprint density at radius 2 is 2.15 bits per heavy atom. The van der Waals surface area contributed by atoms with E-state index in [1.54, 1.807) is 0 Å². The fourth-order valence-corrected chi connectivity index (χ4v) is 2.90. The summed E-state index contributed by atoms with van der Waals surface area (Å²) >= 11 is 0. The van der Waals surface area contributed by atoms with Crippen LogP contribution in [0.5, 0.6) is 5.75 Å². The lowest BCUT2D eigenvalue weighted by Crippen LogP contribution is -2.24. The van der Waals surface area contributed by atoms with Gasteiger partial charge in [-0.05, 0) is 36.5 Å². The van der Waals surface area contributed by atoms with E-state index in [-0.39, 0.29) is 0 Å². The fourth-order valence-electron chi connectivity index (χ4n) is 2.90. The molecule has 1 fully saturated rings. The van der Waals surface area contributed by atoms with Crippen LogP contribution in [0.4, 0.5) is 0 Å². The predicted molar refractivity (Wildman–Crippen MR) is 81.8 cm³/mol. The highest BCUT2D eigenvalue weighted by Crippen LogP contribution is 2.28. The summed E-state index contributed by atoms with van der Waals surface area (Å²) in [6.07, 6.45) is 6.83. The molecular formula is C17H27NO2. The second-order valence-electron chi connectivity index (χ2n) is 5.63. The van der Waals surface area contributed by atoms with Gasteiger partial charge < -0.3 is 15.2 Å². The molecule has 1 aliphatic carbocycles. The Bertz CT molecular complexity index is 394. The van der Waals surface area contributed by atoms with Gasteiger partial charge in [-0.3, -0.25) is 0 Å². The van der Waals surface area contributed by atoms with Crippen LogP contribution in [0, 0.1) is 5.92 Å². The van der Waals surface area contributed by atoms with Crippen molar-refractivity contribution in [3.63, 3.8) is 0 Å². The van der Waals surface area contributed by atoms with Crippen LogP contribution in [0.25, 0.3) is 0 Å². The maximum absolute atomic E-state index is 5.94. The summed E-state index contributed by atoms with van der Waals surface area (Å²) in [4.78, 5) is 0. The summed E-state index contributed by atoms with van der Waals surface area (Å²) in [5.74, 6) is 1.74. The maximum Gasteiger partial charge on any atom is 0.119 e. The maximum atomic E-state index is 5.94. The standard InChI is InChI=1S/C17H27NO2/c1-2-14-5-3-7-16(11-14)19-9-10-20-17-8-4-6-15(12-17)13-18/h4,6,8,12,14,16H,2-3,5,7,9-11,13,18H2,1H3. The minimum absolute atomic E-state index is 0.438. The van der Waals surface area contributed by atoms with E-state index in [0.717, 1.165) is 17.2 Å². The van der Waals surface area contributed by atoms with Gasteiger partial charge >= 0.3 is 0 Å². The average Bonchev–Trinajstić information content (AvgIpc) is 2.52. The van der Waals surface area contributed by atoms with Crippen molar-refractivity contribution in [2.45, 2.75) is 51.7 Å². The SMILES string of the molecule is CCC1CCCC(OCCOc2cccc(CN)c2)C1. The molecule has 2 rings (SSSR count). The number of hydrogen-bond acceptors (Lipinski definition) is 3. The Balaban J connectivity index is 1.65. The molecule has 0 heterocycles. The molecule has 20 heavy (non-hydrogen) atoms. The molecule has 1 aromatic carbocycles. The summed E-state index contributed by atoms with van der Waals surface area (Å²) < 4.78 is 11.7. The molecule has 112 valence electrons. The molecule has 0 spiro atoms. The van der Waals surface area contributed by atoms with E-state index >= 15 is 0 Å². The Kier molecular flexibility index (Phi) is 6.34. The third kappa shape index (κ3) is 4.80. The molecule has 0 radical (unpaired) electrons. The van der Waals surface area contributed by atoms with Crippen molar-refractivity contribution in [3.05, 3.63) is 29.8 Å². The third-order valence-electron chi connectivity index (χ3n) is 4.15. The molecular weight excluding hydrogens is 250 g/mol. The van der Waals surface area contributed by atoms with Crippen molar-refractivity contribution in [1.29, 1.82) is 0 Å². The van der Waals surface area contributed by atoms with Gasteiger partial charge in [0.05, 0.1) is 12.7 Å². The lowest BCUT2D eigenvalue weighted by Gasteiger charge is -2.28. The summed E-state index contributed by atoms with van der Waals surface area (Å²) in [5, 5.41) is 0. The Labute approximate surface area is 122 Å². The first-order chi connectivity index (χ1) is 9.81. The third-order valence-corrected chi connectivity index (χ3v) is 4.15. The minimum atomic E-state index is 0.438. The number of ether oxygens (including phenoxy) is 2. The van der Waals surface area contributed by atoms with Crippen LogP contribution in [-0.2, 0) is 11.3 Å². The van der Waals surface area contributed by atoms with Crippen molar-refractivity contribution < 1.29 is 9.47 Å². The van der Waals surface area contributed by atoms with Crippen LogP contribution in [0.2, 0.25) is 0 Å². The van der Waals surface area contributed by atoms with E-state index in [4.69, 9.17) is 15.2 Å². The van der Waals surface area contributed by atoms with Gasteiger partial charge in [0.15, 0.2) is 0 Å². The molecule has 1 aliphatic rings. The second-order valence-corrected chi connectivity index (χ2v) is 5.63. The molecule has 2 N–H and O–H groups in total. The smallest absolute Gasteiger partial charge is 0.119 e. The molecule has 3 heteroatoms. The Morgan fingerprint density at radius 1 is 1.25 bits per heavy atom. The van der Waals surface area contributed by atoms with Gasteiger partial charge in [-0.25, -0.2) is 0 Å². The topological polar surface area (TPSA) is 44.5 Å². The van der Waals surface area contributed by atoms with Crippen molar-refractivity contribution >= 4 is 0 Å². The first-order valence-electron chi connectivity index (χ1n) is 7.85. The number of nitrogens with two attached hydrogens (primary N) is 1. The molecule has 0 bridgehead atoms. The lowest BCUT2D eigenvalue weighted by atomic mass is 9.85. The molecule has 0 aromatic heterocycles. The fraction of sp³-hybridized carbons (Fsp3) is 0.647. The van der Waals surface area contributed by atoms with Crippen molar-refractivity contribution in [3.8, 4) is 5.75 Å². The second kappa shape index (κ2) is 8.28. The van der Waals surface area contributed by atoms with E-state index < -0.39 is 0 Å². The van der Waals surface area contributed by atoms with E-state index in [1.165, 1.54) is 32.1 Å². The highest BCUT2D eigenvalue weighted by Gasteiger charge is 2.20. The molecule has 0 amide bonds. The van der Waals surface area contributed by atoms with Gasteiger partial charge in [0.25, 0.3) is 0 Å². The van der Waals surface area contributed by atoms with Crippen LogP contribution in [0.1, 0.15) is 44.6 Å². The zero-order valence-electron chi connectivity index (χ0n) is 12.5. The van der Waals surface area contributed by atoms with Crippen molar-refractivity contribution in [2.24, 2.45) is 11.7 Å². The predicted octanol–water partition coefficient (Wildman–Crippen LogP) is 3.51. The summed E-state index contributed by atoms with van der Waals surface area (Å²) in [6.45, 7) is 4.12. The highest BCUT2D eigenvalue weighted by molar-refractivity contribution is 5.28. The van der Waals surface area contributed by atoms with Crippen molar-refractivity contribution in [1.82, 2.24) is 0 Å². The van der Waals surface area contributed by atoms with Crippen LogP contribution < -0.4 is 10.5 Å². The lowest BCUT2D eigenvalue weighted by molar-refractivity contribution is -0.000666. The van der Waals surface area contributed by atoms with Gasteiger partial charge in [0.1, 0.15) is 12.4 Å². The van der Waals surface area contributed by atoms with Gasteiger partial charge in [0.2, 0.25) is 0 Å². The zero-order chi connectivity index (χ0) is 14.2. The van der Waals surface area contributed by atoms with Crippen LogP contribution in [0.3, 0.4) is 0 Å². The molecule has 3 nitrogen and oxygen atoms in total. The first kappa shape index (κ1) is 15.3. The molecule has 1 saturated carbocycles. The molecule has 0 saturated heterocycles. The van der Waals surface area contributed by atoms with E-state index in [2.05, 4.69) is 6.92 Å². The Hall–Kier alpha value is -1.06. The van der Waals surface area contributed by atoms with E-state index in [9.17, 15) is 0 Å². The van der Waals surface area contributed by atoms with Gasteiger partial charge in [-0.15, -0.1) is 0 Å². The monoisotopic (exact) mass is 277 g/mol. The molecule has 2 atom stereocenters. The largest absolute Gasteiger partial charge is 0.491 e. The van der Waals surface area contributed by atoms with E-state index in [0.29, 0.717) is 25.9 Å². The molecule has 0 aliphatic heterocycles. The highest BCUT2D eigenvalue weighted by atomic mass is 16.5. The summed E-state index contributed by atoms with van der Waals surface area (Å²) in [6, 6.07) is 7.95. The molecule has 2 unspecified atom stereocenters.